The van der Waals surface area contributed by atoms with E-state index in [-0.39, 0.29) is 4.90 Å². The van der Waals surface area contributed by atoms with Crippen LogP contribution in [-0.2, 0) is 19.6 Å². The molecule has 0 amide bonds. The van der Waals surface area contributed by atoms with Crippen LogP contribution in [0.1, 0.15) is 24.1 Å². The van der Waals surface area contributed by atoms with Crippen LogP contribution in [0.15, 0.2) is 53.4 Å². The molecule has 0 radical (unpaired) electrons. The Morgan fingerprint density at radius 1 is 1.08 bits per heavy atom. The molecule has 0 unspecified atom stereocenters. The standard InChI is InChI=1S/C18H20ClNO4S/c1-12-4-10-16(11-5-12)25(22,23)20-17(13(2)18(21)24-3)14-6-8-15(19)9-7-14/h4-11,13,17,20H,1-3H3/t13-,17+/m1/s1. The lowest BCUT2D eigenvalue weighted by molar-refractivity contribution is -0.145. The summed E-state index contributed by atoms with van der Waals surface area (Å²) in [6.45, 7) is 3.49. The molecule has 0 heterocycles. The smallest absolute Gasteiger partial charge is 0.310 e. The van der Waals surface area contributed by atoms with Crippen molar-refractivity contribution in [3.05, 3.63) is 64.7 Å². The van der Waals surface area contributed by atoms with Gasteiger partial charge in [-0.2, -0.15) is 0 Å². The molecule has 0 fully saturated rings. The summed E-state index contributed by atoms with van der Waals surface area (Å²) < 4.78 is 32.8. The number of rotatable bonds is 6. The van der Waals surface area contributed by atoms with Crippen molar-refractivity contribution in [1.82, 2.24) is 4.72 Å². The third-order valence-corrected chi connectivity index (χ3v) is 5.62. The molecule has 0 aromatic heterocycles. The van der Waals surface area contributed by atoms with Crippen molar-refractivity contribution < 1.29 is 17.9 Å². The van der Waals surface area contributed by atoms with Gasteiger partial charge in [-0.25, -0.2) is 13.1 Å². The van der Waals surface area contributed by atoms with Gasteiger partial charge in [0.2, 0.25) is 10.0 Å². The lowest BCUT2D eigenvalue weighted by Crippen LogP contribution is -2.36. The normalized spacial score (nSPS) is 13.9. The van der Waals surface area contributed by atoms with E-state index < -0.39 is 28.0 Å². The minimum absolute atomic E-state index is 0.133. The molecule has 0 aliphatic carbocycles. The summed E-state index contributed by atoms with van der Waals surface area (Å²) in [5.41, 5.74) is 1.58. The Hall–Kier alpha value is -1.89. The summed E-state index contributed by atoms with van der Waals surface area (Å²) >= 11 is 5.90. The molecule has 0 aliphatic rings. The Kier molecular flexibility index (Phi) is 6.21. The summed E-state index contributed by atoms with van der Waals surface area (Å²) in [7, 11) is -2.54. The summed E-state index contributed by atoms with van der Waals surface area (Å²) in [5, 5.41) is 0.523. The van der Waals surface area contributed by atoms with E-state index >= 15 is 0 Å². The van der Waals surface area contributed by atoms with E-state index in [0.29, 0.717) is 10.6 Å². The number of carbonyl (C=O) groups excluding carboxylic acids is 1. The maximum atomic E-state index is 12.7. The van der Waals surface area contributed by atoms with E-state index in [2.05, 4.69) is 4.72 Å². The van der Waals surface area contributed by atoms with Gasteiger partial charge in [-0.3, -0.25) is 4.79 Å². The van der Waals surface area contributed by atoms with Gasteiger partial charge in [0.1, 0.15) is 0 Å². The first-order chi connectivity index (χ1) is 11.7. The number of benzene rings is 2. The average Bonchev–Trinajstić information content (AvgIpc) is 2.59. The van der Waals surface area contributed by atoms with Crippen LogP contribution < -0.4 is 4.72 Å². The number of halogens is 1. The second kappa shape index (κ2) is 7.99. The first-order valence-corrected chi connectivity index (χ1v) is 9.53. The Balaban J connectivity index is 2.39. The van der Waals surface area contributed by atoms with Gasteiger partial charge in [0, 0.05) is 5.02 Å². The molecule has 0 spiro atoms. The number of nitrogens with one attached hydrogen (secondary N) is 1. The average molecular weight is 382 g/mol. The first-order valence-electron chi connectivity index (χ1n) is 7.67. The number of carbonyl (C=O) groups is 1. The second-order valence-corrected chi connectivity index (χ2v) is 7.93. The maximum absolute atomic E-state index is 12.7. The van der Waals surface area contributed by atoms with Crippen LogP contribution in [-0.4, -0.2) is 21.5 Å². The third-order valence-electron chi connectivity index (χ3n) is 3.92. The molecule has 0 aliphatic heterocycles. The van der Waals surface area contributed by atoms with E-state index in [4.69, 9.17) is 16.3 Å². The molecule has 2 rings (SSSR count). The van der Waals surface area contributed by atoms with E-state index in [9.17, 15) is 13.2 Å². The second-order valence-electron chi connectivity index (χ2n) is 5.78. The lowest BCUT2D eigenvalue weighted by Gasteiger charge is -2.24. The quantitative estimate of drug-likeness (QED) is 0.777. The molecule has 2 aromatic carbocycles. The number of sulfonamides is 1. The van der Waals surface area contributed by atoms with Gasteiger partial charge >= 0.3 is 5.97 Å². The van der Waals surface area contributed by atoms with Crippen LogP contribution in [0.25, 0.3) is 0 Å². The Morgan fingerprint density at radius 3 is 2.16 bits per heavy atom. The van der Waals surface area contributed by atoms with Crippen molar-refractivity contribution in [2.75, 3.05) is 7.11 Å². The number of ether oxygens (including phenoxy) is 1. The summed E-state index contributed by atoms with van der Waals surface area (Å²) in [6.07, 6.45) is 0. The van der Waals surface area contributed by atoms with E-state index in [1.165, 1.54) is 19.2 Å². The largest absolute Gasteiger partial charge is 0.469 e. The predicted octanol–water partition coefficient (Wildman–Crippen LogP) is 3.48. The molecule has 5 nitrogen and oxygen atoms in total. The number of hydrogen-bond acceptors (Lipinski definition) is 4. The van der Waals surface area contributed by atoms with E-state index in [1.54, 1.807) is 43.3 Å². The monoisotopic (exact) mass is 381 g/mol. The van der Waals surface area contributed by atoms with Crippen molar-refractivity contribution in [2.45, 2.75) is 24.8 Å². The molecule has 0 saturated heterocycles. The Labute approximate surface area is 153 Å². The molecular formula is C18H20ClNO4S. The zero-order valence-corrected chi connectivity index (χ0v) is 15.8. The van der Waals surface area contributed by atoms with Gasteiger partial charge in [-0.15, -0.1) is 0 Å². The molecule has 0 bridgehead atoms. The van der Waals surface area contributed by atoms with Crippen LogP contribution in [0, 0.1) is 12.8 Å². The predicted molar refractivity (Wildman–Crippen MR) is 96.9 cm³/mol. The molecule has 134 valence electrons. The van der Waals surface area contributed by atoms with Crippen molar-refractivity contribution >= 4 is 27.6 Å². The first kappa shape index (κ1) is 19.4. The van der Waals surface area contributed by atoms with Gasteiger partial charge in [-0.05, 0) is 36.8 Å². The van der Waals surface area contributed by atoms with Crippen molar-refractivity contribution in [2.24, 2.45) is 5.92 Å². The van der Waals surface area contributed by atoms with Crippen LogP contribution >= 0.6 is 11.6 Å². The van der Waals surface area contributed by atoms with E-state index in [0.717, 1.165) is 5.56 Å². The van der Waals surface area contributed by atoms with Gasteiger partial charge < -0.3 is 4.74 Å². The summed E-state index contributed by atoms with van der Waals surface area (Å²) in [4.78, 5) is 12.1. The highest BCUT2D eigenvalue weighted by Crippen LogP contribution is 2.27. The number of hydrogen-bond donors (Lipinski definition) is 1. The molecular weight excluding hydrogens is 362 g/mol. The third kappa shape index (κ3) is 4.81. The summed E-state index contributed by atoms with van der Waals surface area (Å²) in [6, 6.07) is 12.4. The van der Waals surface area contributed by atoms with Crippen LogP contribution in [0.3, 0.4) is 0 Å². The fourth-order valence-electron chi connectivity index (χ4n) is 2.40. The highest BCUT2D eigenvalue weighted by atomic mass is 35.5. The Morgan fingerprint density at radius 2 is 1.64 bits per heavy atom. The molecule has 2 atom stereocenters. The minimum Gasteiger partial charge on any atom is -0.469 e. The summed E-state index contributed by atoms with van der Waals surface area (Å²) in [5.74, 6) is -1.22. The fourth-order valence-corrected chi connectivity index (χ4v) is 3.83. The molecule has 7 heteroatoms. The lowest BCUT2D eigenvalue weighted by atomic mass is 9.95. The zero-order chi connectivity index (χ0) is 18.6. The van der Waals surface area contributed by atoms with Gasteiger partial charge in [-0.1, -0.05) is 48.4 Å². The maximum Gasteiger partial charge on any atom is 0.310 e. The van der Waals surface area contributed by atoms with E-state index in [1.807, 2.05) is 6.92 Å². The van der Waals surface area contributed by atoms with Gasteiger partial charge in [0.05, 0.1) is 24.0 Å². The molecule has 1 N–H and O–H groups in total. The van der Waals surface area contributed by atoms with Crippen molar-refractivity contribution in [1.29, 1.82) is 0 Å². The highest BCUT2D eigenvalue weighted by molar-refractivity contribution is 7.89. The minimum atomic E-state index is -3.81. The van der Waals surface area contributed by atoms with Crippen LogP contribution in [0.2, 0.25) is 5.02 Å². The topological polar surface area (TPSA) is 72.5 Å². The molecule has 2 aromatic rings. The molecule has 0 saturated carbocycles. The van der Waals surface area contributed by atoms with Crippen LogP contribution in [0.5, 0.6) is 0 Å². The number of aryl methyl sites for hydroxylation is 1. The number of methoxy groups -OCH3 is 1. The fraction of sp³-hybridized carbons (Fsp3) is 0.278. The van der Waals surface area contributed by atoms with Gasteiger partial charge in [0.25, 0.3) is 0 Å². The van der Waals surface area contributed by atoms with Crippen molar-refractivity contribution in [3.8, 4) is 0 Å². The Bertz CT molecular complexity index is 832. The SMILES string of the molecule is COC(=O)[C@H](C)[C@H](NS(=O)(=O)c1ccc(C)cc1)c1ccc(Cl)cc1. The number of esters is 1. The molecule has 25 heavy (non-hydrogen) atoms. The zero-order valence-electron chi connectivity index (χ0n) is 14.2. The highest BCUT2D eigenvalue weighted by Gasteiger charge is 2.30. The van der Waals surface area contributed by atoms with Crippen molar-refractivity contribution in [3.63, 3.8) is 0 Å². The van der Waals surface area contributed by atoms with Gasteiger partial charge in [0.15, 0.2) is 0 Å². The van der Waals surface area contributed by atoms with Crippen LogP contribution in [0.4, 0.5) is 0 Å².